The lowest BCUT2D eigenvalue weighted by atomic mass is 10.2. The van der Waals surface area contributed by atoms with E-state index in [-0.39, 0.29) is 5.70 Å². The van der Waals surface area contributed by atoms with Gasteiger partial charge in [0.1, 0.15) is 5.70 Å². The number of benzene rings is 1. The zero-order chi connectivity index (χ0) is 16.7. The maximum absolute atomic E-state index is 12.6. The van der Waals surface area contributed by atoms with E-state index >= 15 is 0 Å². The molecule has 24 heavy (non-hydrogen) atoms. The van der Waals surface area contributed by atoms with Gasteiger partial charge in [-0.1, -0.05) is 23.7 Å². The Morgan fingerprint density at radius 3 is 2.83 bits per heavy atom. The topological polar surface area (TPSA) is 66.7 Å². The van der Waals surface area contributed by atoms with Gasteiger partial charge in [0.15, 0.2) is 0 Å². The zero-order valence-electron chi connectivity index (χ0n) is 12.3. The van der Waals surface area contributed by atoms with Crippen LogP contribution in [0.4, 0.5) is 10.5 Å². The summed E-state index contributed by atoms with van der Waals surface area (Å²) in [5.74, 6) is -0.433. The Kier molecular flexibility index (Phi) is 3.32. The molecule has 0 radical (unpaired) electrons. The molecule has 6 nitrogen and oxygen atoms in total. The fourth-order valence-corrected chi connectivity index (χ4v) is 2.79. The van der Waals surface area contributed by atoms with Crippen LogP contribution in [-0.4, -0.2) is 21.6 Å². The Hall–Kier alpha value is -3.12. The van der Waals surface area contributed by atoms with Crippen LogP contribution in [0.15, 0.2) is 60.6 Å². The van der Waals surface area contributed by atoms with Gasteiger partial charge < -0.3 is 5.32 Å². The van der Waals surface area contributed by atoms with E-state index in [4.69, 9.17) is 11.6 Å². The molecule has 3 aromatic rings. The predicted molar refractivity (Wildman–Crippen MR) is 90.6 cm³/mol. The number of pyridine rings is 1. The summed E-state index contributed by atoms with van der Waals surface area (Å²) in [6, 6.07) is 11.7. The van der Waals surface area contributed by atoms with Crippen molar-refractivity contribution >= 4 is 40.8 Å². The molecule has 0 aliphatic carbocycles. The van der Waals surface area contributed by atoms with Gasteiger partial charge in [-0.2, -0.15) is 5.10 Å². The molecular formula is C17H11ClN4O2. The predicted octanol–water partition coefficient (Wildman–Crippen LogP) is 3.09. The first-order valence-electron chi connectivity index (χ1n) is 7.18. The summed E-state index contributed by atoms with van der Waals surface area (Å²) >= 11 is 5.94. The Morgan fingerprint density at radius 1 is 1.12 bits per heavy atom. The van der Waals surface area contributed by atoms with Gasteiger partial charge in [0.05, 0.1) is 17.4 Å². The van der Waals surface area contributed by atoms with Crippen LogP contribution in [0.3, 0.4) is 0 Å². The summed E-state index contributed by atoms with van der Waals surface area (Å²) in [5.41, 5.74) is 2.20. The smallest absolute Gasteiger partial charge is 0.302 e. The molecule has 3 heterocycles. The van der Waals surface area contributed by atoms with Gasteiger partial charge in [0.25, 0.3) is 5.91 Å². The van der Waals surface area contributed by atoms with Gasteiger partial charge in [-0.25, -0.2) is 14.2 Å². The first kappa shape index (κ1) is 14.5. The maximum atomic E-state index is 12.6. The Labute approximate surface area is 141 Å². The van der Waals surface area contributed by atoms with E-state index in [0.29, 0.717) is 10.7 Å². The summed E-state index contributed by atoms with van der Waals surface area (Å²) in [6.45, 7) is 0. The highest BCUT2D eigenvalue weighted by atomic mass is 35.5. The van der Waals surface area contributed by atoms with Crippen LogP contribution in [0.25, 0.3) is 11.6 Å². The molecular weight excluding hydrogens is 328 g/mol. The molecule has 1 aromatic carbocycles. The van der Waals surface area contributed by atoms with Crippen LogP contribution in [0.2, 0.25) is 5.02 Å². The largest absolute Gasteiger partial charge is 0.333 e. The van der Waals surface area contributed by atoms with Gasteiger partial charge in [0, 0.05) is 16.8 Å². The van der Waals surface area contributed by atoms with Crippen molar-refractivity contribution in [1.29, 1.82) is 0 Å². The number of fused-ring (bicyclic) bond motifs is 1. The molecule has 1 aliphatic rings. The fourth-order valence-electron chi connectivity index (χ4n) is 2.61. The molecule has 0 bridgehead atoms. The molecule has 2 aromatic heterocycles. The molecule has 3 amide bonds. The number of rotatable bonds is 2. The molecule has 7 heteroatoms. The lowest BCUT2D eigenvalue weighted by Gasteiger charge is -2.11. The molecule has 0 unspecified atom stereocenters. The number of halogens is 1. The second-order valence-electron chi connectivity index (χ2n) is 5.24. The van der Waals surface area contributed by atoms with Crippen LogP contribution >= 0.6 is 11.6 Å². The first-order chi connectivity index (χ1) is 11.6. The second kappa shape index (κ2) is 5.50. The van der Waals surface area contributed by atoms with E-state index in [1.54, 1.807) is 41.1 Å². The minimum Gasteiger partial charge on any atom is -0.302 e. The molecule has 1 aliphatic heterocycles. The fraction of sp³-hybridized carbons (Fsp3) is 0. The summed E-state index contributed by atoms with van der Waals surface area (Å²) < 4.78 is 1.70. The van der Waals surface area contributed by atoms with Crippen molar-refractivity contribution in [2.24, 2.45) is 0 Å². The van der Waals surface area contributed by atoms with Crippen LogP contribution < -0.4 is 10.2 Å². The summed E-state index contributed by atoms with van der Waals surface area (Å²) in [5, 5.41) is 7.26. The average molecular weight is 339 g/mol. The number of imide groups is 1. The van der Waals surface area contributed by atoms with Gasteiger partial charge in [-0.3, -0.25) is 4.79 Å². The molecule has 0 saturated carbocycles. The van der Waals surface area contributed by atoms with Crippen LogP contribution in [-0.2, 0) is 4.79 Å². The van der Waals surface area contributed by atoms with E-state index in [0.717, 1.165) is 16.0 Å². The molecule has 1 saturated heterocycles. The zero-order valence-corrected chi connectivity index (χ0v) is 13.1. The van der Waals surface area contributed by atoms with Crippen molar-refractivity contribution in [2.45, 2.75) is 0 Å². The summed E-state index contributed by atoms with van der Waals surface area (Å²) in [6.07, 6.45) is 5.07. The monoisotopic (exact) mass is 338 g/mol. The number of hydrogen-bond donors (Lipinski definition) is 1. The Balaban J connectivity index is 1.73. The normalized spacial score (nSPS) is 16.2. The van der Waals surface area contributed by atoms with Gasteiger partial charge in [0.2, 0.25) is 0 Å². The highest BCUT2D eigenvalue weighted by Crippen LogP contribution is 2.25. The molecule has 0 spiro atoms. The number of hydrogen-bond acceptors (Lipinski definition) is 3. The highest BCUT2D eigenvalue weighted by Gasteiger charge is 2.35. The van der Waals surface area contributed by atoms with Gasteiger partial charge in [-0.05, 0) is 36.4 Å². The quantitative estimate of drug-likeness (QED) is 0.577. The number of nitrogens with one attached hydrogen (secondary N) is 1. The molecule has 1 fully saturated rings. The molecule has 1 N–H and O–H groups in total. The van der Waals surface area contributed by atoms with Crippen LogP contribution in [0.1, 0.15) is 5.56 Å². The first-order valence-corrected chi connectivity index (χ1v) is 7.56. The number of carbonyl (C=O) groups excluding carboxylic acids is 2. The van der Waals surface area contributed by atoms with Crippen molar-refractivity contribution in [3.05, 3.63) is 71.1 Å². The number of nitrogens with zero attached hydrogens (tertiary/aromatic N) is 3. The average Bonchev–Trinajstić information content (AvgIpc) is 3.09. The number of amides is 3. The van der Waals surface area contributed by atoms with Gasteiger partial charge in [-0.15, -0.1) is 0 Å². The van der Waals surface area contributed by atoms with E-state index in [2.05, 4.69) is 10.4 Å². The lowest BCUT2D eigenvalue weighted by molar-refractivity contribution is -0.113. The second-order valence-corrected chi connectivity index (χ2v) is 5.68. The molecule has 4 rings (SSSR count). The standard InChI is InChI=1S/C17H11ClN4O2/c18-12-4-3-5-13(9-12)22-16(23)14(20-17(22)24)8-11-10-19-21-7-2-1-6-15(11)21/h1-10H,(H,20,24). The number of aromatic nitrogens is 2. The van der Waals surface area contributed by atoms with Crippen LogP contribution in [0.5, 0.6) is 0 Å². The third kappa shape index (κ3) is 2.33. The van der Waals surface area contributed by atoms with Crippen molar-refractivity contribution in [2.75, 3.05) is 4.90 Å². The molecule has 118 valence electrons. The number of urea groups is 1. The van der Waals surface area contributed by atoms with E-state index in [1.165, 1.54) is 0 Å². The highest BCUT2D eigenvalue weighted by molar-refractivity contribution is 6.32. The maximum Gasteiger partial charge on any atom is 0.333 e. The SMILES string of the molecule is O=C1NC(=Cc2cnn3ccccc23)C(=O)N1c1cccc(Cl)c1. The number of carbonyl (C=O) groups is 2. The van der Waals surface area contributed by atoms with E-state index in [9.17, 15) is 9.59 Å². The Morgan fingerprint density at radius 2 is 2.00 bits per heavy atom. The number of anilines is 1. The lowest BCUT2D eigenvalue weighted by Crippen LogP contribution is -2.30. The van der Waals surface area contributed by atoms with Crippen molar-refractivity contribution in [1.82, 2.24) is 14.9 Å². The van der Waals surface area contributed by atoms with Crippen molar-refractivity contribution < 1.29 is 9.59 Å². The Bertz CT molecular complexity index is 1010. The van der Waals surface area contributed by atoms with Crippen molar-refractivity contribution in [3.8, 4) is 0 Å². The summed E-state index contributed by atoms with van der Waals surface area (Å²) in [7, 11) is 0. The van der Waals surface area contributed by atoms with Crippen molar-refractivity contribution in [3.63, 3.8) is 0 Å². The minimum absolute atomic E-state index is 0.193. The van der Waals surface area contributed by atoms with E-state index < -0.39 is 11.9 Å². The van der Waals surface area contributed by atoms with Gasteiger partial charge >= 0.3 is 6.03 Å². The van der Waals surface area contributed by atoms with E-state index in [1.807, 2.05) is 24.4 Å². The third-order valence-electron chi connectivity index (χ3n) is 3.70. The minimum atomic E-state index is -0.509. The van der Waals surface area contributed by atoms with Crippen LogP contribution in [0, 0.1) is 0 Å². The summed E-state index contributed by atoms with van der Waals surface area (Å²) in [4.78, 5) is 25.8. The molecule has 0 atom stereocenters. The third-order valence-corrected chi connectivity index (χ3v) is 3.94.